The highest BCUT2D eigenvalue weighted by Gasteiger charge is 2.23. The Hall–Kier alpha value is -1.51. The summed E-state index contributed by atoms with van der Waals surface area (Å²) in [5.41, 5.74) is 2.23. The van der Waals surface area contributed by atoms with E-state index in [1.54, 1.807) is 0 Å². The average Bonchev–Trinajstić information content (AvgIpc) is 2.52. The molecule has 1 heterocycles. The van der Waals surface area contributed by atoms with Crippen molar-refractivity contribution in [1.29, 1.82) is 0 Å². The van der Waals surface area contributed by atoms with Crippen LogP contribution in [0.3, 0.4) is 0 Å². The van der Waals surface area contributed by atoms with Gasteiger partial charge < -0.3 is 10.1 Å². The minimum absolute atomic E-state index is 0.118. The molecule has 1 aromatic rings. The largest absolute Gasteiger partial charge is 0.439 e. The molecule has 1 saturated heterocycles. The molecule has 0 radical (unpaired) electrons. The van der Waals surface area contributed by atoms with Crippen LogP contribution < -0.4 is 5.32 Å². The number of amides is 1. The van der Waals surface area contributed by atoms with Crippen molar-refractivity contribution in [3.63, 3.8) is 0 Å². The van der Waals surface area contributed by atoms with E-state index in [0.29, 0.717) is 6.54 Å². The number of nitrogens with one attached hydrogen (secondary N) is 1. The second-order valence-electron chi connectivity index (χ2n) is 3.19. The number of cyclic esters (lactones) is 1. The van der Waals surface area contributed by atoms with E-state index in [4.69, 9.17) is 4.74 Å². The lowest BCUT2D eigenvalue weighted by Gasteiger charge is -2.07. The van der Waals surface area contributed by atoms with Gasteiger partial charge in [0.15, 0.2) is 0 Å². The summed E-state index contributed by atoms with van der Waals surface area (Å²) in [6.07, 6.45) is -0.445. The minimum atomic E-state index is -0.327. The smallest absolute Gasteiger partial charge is 0.407 e. The van der Waals surface area contributed by atoms with Gasteiger partial charge in [0.2, 0.25) is 0 Å². The Morgan fingerprint density at radius 3 is 3.00 bits per heavy atom. The summed E-state index contributed by atoms with van der Waals surface area (Å²) < 4.78 is 5.05. The molecule has 1 aliphatic heterocycles. The van der Waals surface area contributed by atoms with E-state index in [1.807, 2.05) is 31.2 Å². The first kappa shape index (κ1) is 8.10. The summed E-state index contributed by atoms with van der Waals surface area (Å²) in [6.45, 7) is 2.59. The SMILES string of the molecule is Cc1cccc([C@H]2CNC(=O)O2)c1. The average molecular weight is 177 g/mol. The van der Waals surface area contributed by atoms with Crippen LogP contribution >= 0.6 is 0 Å². The molecule has 0 spiro atoms. The lowest BCUT2D eigenvalue weighted by Crippen LogP contribution is -2.12. The Balaban J connectivity index is 2.21. The molecule has 68 valence electrons. The highest BCUT2D eigenvalue weighted by atomic mass is 16.6. The zero-order valence-electron chi connectivity index (χ0n) is 7.41. The molecule has 1 atom stereocenters. The van der Waals surface area contributed by atoms with Crippen LogP contribution in [0.25, 0.3) is 0 Å². The second kappa shape index (κ2) is 3.09. The molecule has 1 amide bonds. The maximum atomic E-state index is 10.8. The summed E-state index contributed by atoms with van der Waals surface area (Å²) in [4.78, 5) is 10.8. The quantitative estimate of drug-likeness (QED) is 0.710. The fourth-order valence-corrected chi connectivity index (χ4v) is 1.44. The Kier molecular flexibility index (Phi) is 1.93. The monoisotopic (exact) mass is 177 g/mol. The normalized spacial score (nSPS) is 21.0. The first-order chi connectivity index (χ1) is 6.25. The molecule has 1 aromatic carbocycles. The molecule has 13 heavy (non-hydrogen) atoms. The number of aryl methyl sites for hydroxylation is 1. The van der Waals surface area contributed by atoms with E-state index >= 15 is 0 Å². The topological polar surface area (TPSA) is 38.3 Å². The maximum absolute atomic E-state index is 10.8. The Bertz CT molecular complexity index is 335. The zero-order chi connectivity index (χ0) is 9.26. The van der Waals surface area contributed by atoms with Gasteiger partial charge in [-0.15, -0.1) is 0 Å². The molecular weight excluding hydrogens is 166 g/mol. The molecule has 0 bridgehead atoms. The van der Waals surface area contributed by atoms with Crippen LogP contribution in [0.1, 0.15) is 17.2 Å². The summed E-state index contributed by atoms with van der Waals surface area (Å²) in [7, 11) is 0. The first-order valence-electron chi connectivity index (χ1n) is 4.27. The van der Waals surface area contributed by atoms with Crippen LogP contribution in [-0.2, 0) is 4.74 Å². The van der Waals surface area contributed by atoms with Crippen LogP contribution in [0.2, 0.25) is 0 Å². The van der Waals surface area contributed by atoms with Gasteiger partial charge in [-0.3, -0.25) is 0 Å². The first-order valence-corrected chi connectivity index (χ1v) is 4.27. The van der Waals surface area contributed by atoms with Crippen molar-refractivity contribution in [3.05, 3.63) is 35.4 Å². The number of benzene rings is 1. The Morgan fingerprint density at radius 1 is 1.54 bits per heavy atom. The predicted octanol–water partition coefficient (Wildman–Crippen LogP) is 1.78. The van der Waals surface area contributed by atoms with Crippen LogP contribution in [0.4, 0.5) is 4.79 Å². The molecule has 3 heteroatoms. The van der Waals surface area contributed by atoms with Crippen molar-refractivity contribution < 1.29 is 9.53 Å². The molecule has 3 nitrogen and oxygen atoms in total. The van der Waals surface area contributed by atoms with Crippen molar-refractivity contribution in [2.75, 3.05) is 6.54 Å². The molecule has 0 aromatic heterocycles. The van der Waals surface area contributed by atoms with Gasteiger partial charge in [-0.2, -0.15) is 0 Å². The number of ether oxygens (including phenoxy) is 1. The van der Waals surface area contributed by atoms with Gasteiger partial charge in [0, 0.05) is 0 Å². The van der Waals surface area contributed by atoms with E-state index < -0.39 is 0 Å². The number of alkyl carbamates (subject to hydrolysis) is 1. The lowest BCUT2D eigenvalue weighted by molar-refractivity contribution is 0.141. The summed E-state index contributed by atoms with van der Waals surface area (Å²) in [5, 5.41) is 2.63. The fourth-order valence-electron chi connectivity index (χ4n) is 1.44. The second-order valence-corrected chi connectivity index (χ2v) is 3.19. The third kappa shape index (κ3) is 1.64. The minimum Gasteiger partial charge on any atom is -0.439 e. The Morgan fingerprint density at radius 2 is 2.38 bits per heavy atom. The van der Waals surface area contributed by atoms with Gasteiger partial charge in [0.25, 0.3) is 0 Å². The molecule has 2 rings (SSSR count). The predicted molar refractivity (Wildman–Crippen MR) is 48.4 cm³/mol. The fraction of sp³-hybridized carbons (Fsp3) is 0.300. The molecule has 1 fully saturated rings. The molecule has 0 aliphatic carbocycles. The van der Waals surface area contributed by atoms with Gasteiger partial charge in [-0.1, -0.05) is 29.8 Å². The summed E-state index contributed by atoms with van der Waals surface area (Å²) in [5.74, 6) is 0. The highest BCUT2D eigenvalue weighted by Crippen LogP contribution is 2.21. The maximum Gasteiger partial charge on any atom is 0.407 e. The molecule has 1 N–H and O–H groups in total. The summed E-state index contributed by atoms with van der Waals surface area (Å²) >= 11 is 0. The van der Waals surface area contributed by atoms with Gasteiger partial charge >= 0.3 is 6.09 Å². The van der Waals surface area contributed by atoms with Crippen molar-refractivity contribution >= 4 is 6.09 Å². The van der Waals surface area contributed by atoms with Crippen LogP contribution in [0, 0.1) is 6.92 Å². The van der Waals surface area contributed by atoms with Crippen molar-refractivity contribution in [2.45, 2.75) is 13.0 Å². The molecule has 1 aliphatic rings. The van der Waals surface area contributed by atoms with Gasteiger partial charge in [-0.05, 0) is 12.5 Å². The summed E-state index contributed by atoms with van der Waals surface area (Å²) in [6, 6.07) is 7.99. The zero-order valence-corrected chi connectivity index (χ0v) is 7.41. The van der Waals surface area contributed by atoms with E-state index in [0.717, 1.165) is 5.56 Å². The van der Waals surface area contributed by atoms with E-state index in [9.17, 15) is 4.79 Å². The lowest BCUT2D eigenvalue weighted by atomic mass is 10.1. The van der Waals surface area contributed by atoms with E-state index in [2.05, 4.69) is 5.32 Å². The molecular formula is C10H11NO2. The standard InChI is InChI=1S/C10H11NO2/c1-7-3-2-4-8(5-7)9-6-11-10(12)13-9/h2-5,9H,6H2,1H3,(H,11,12)/t9-/m1/s1. The third-order valence-corrected chi connectivity index (χ3v) is 2.10. The van der Waals surface area contributed by atoms with Crippen LogP contribution in [-0.4, -0.2) is 12.6 Å². The third-order valence-electron chi connectivity index (χ3n) is 2.10. The van der Waals surface area contributed by atoms with Gasteiger partial charge in [0.05, 0.1) is 6.54 Å². The van der Waals surface area contributed by atoms with Crippen molar-refractivity contribution in [1.82, 2.24) is 5.32 Å². The van der Waals surface area contributed by atoms with Crippen LogP contribution in [0.5, 0.6) is 0 Å². The van der Waals surface area contributed by atoms with Gasteiger partial charge in [-0.25, -0.2) is 4.79 Å². The van der Waals surface area contributed by atoms with E-state index in [-0.39, 0.29) is 12.2 Å². The molecule has 0 saturated carbocycles. The number of carbonyl (C=O) groups is 1. The van der Waals surface area contributed by atoms with Crippen LogP contribution in [0.15, 0.2) is 24.3 Å². The highest BCUT2D eigenvalue weighted by molar-refractivity contribution is 5.69. The van der Waals surface area contributed by atoms with E-state index in [1.165, 1.54) is 5.56 Å². The number of hydrogen-bond donors (Lipinski definition) is 1. The number of rotatable bonds is 1. The van der Waals surface area contributed by atoms with Crippen molar-refractivity contribution in [3.8, 4) is 0 Å². The van der Waals surface area contributed by atoms with Gasteiger partial charge in [0.1, 0.15) is 6.10 Å². The number of carbonyl (C=O) groups excluding carboxylic acids is 1. The molecule has 0 unspecified atom stereocenters. The van der Waals surface area contributed by atoms with Crippen molar-refractivity contribution in [2.24, 2.45) is 0 Å². The Labute approximate surface area is 76.7 Å². The number of hydrogen-bond acceptors (Lipinski definition) is 2.